The zero-order chi connectivity index (χ0) is 13.7. The Labute approximate surface area is 110 Å². The van der Waals surface area contributed by atoms with Crippen LogP contribution in [0.15, 0.2) is 30.7 Å². The van der Waals surface area contributed by atoms with Crippen LogP contribution >= 0.6 is 0 Å². The van der Waals surface area contributed by atoms with Crippen LogP contribution in [0.25, 0.3) is 0 Å². The van der Waals surface area contributed by atoms with E-state index >= 15 is 0 Å². The first-order valence-corrected chi connectivity index (χ1v) is 5.88. The van der Waals surface area contributed by atoms with Crippen LogP contribution in [0.3, 0.4) is 0 Å². The summed E-state index contributed by atoms with van der Waals surface area (Å²) in [4.78, 5) is 23.9. The number of carbonyl (C=O) groups excluding carboxylic acids is 1. The van der Waals surface area contributed by atoms with Crippen molar-refractivity contribution in [2.45, 2.75) is 13.8 Å². The topological polar surface area (TPSA) is 77.0 Å². The molecule has 1 N–H and O–H groups in total. The van der Waals surface area contributed by atoms with Gasteiger partial charge in [-0.1, -0.05) is 0 Å². The van der Waals surface area contributed by atoms with E-state index in [1.54, 1.807) is 12.3 Å². The van der Waals surface area contributed by atoms with E-state index in [9.17, 15) is 4.79 Å². The smallest absolute Gasteiger partial charge is 0.275 e. The number of aryl methyl sites for hydroxylation is 1. The van der Waals surface area contributed by atoms with Crippen molar-refractivity contribution in [2.24, 2.45) is 0 Å². The molecular weight excluding hydrogens is 244 g/mol. The van der Waals surface area contributed by atoms with Gasteiger partial charge in [0.1, 0.15) is 17.8 Å². The second-order valence-corrected chi connectivity index (χ2v) is 3.85. The predicted molar refractivity (Wildman–Crippen MR) is 70.1 cm³/mol. The lowest BCUT2D eigenvalue weighted by molar-refractivity contribution is 0.102. The van der Waals surface area contributed by atoms with Crippen molar-refractivity contribution in [1.29, 1.82) is 0 Å². The van der Waals surface area contributed by atoms with E-state index in [4.69, 9.17) is 4.74 Å². The van der Waals surface area contributed by atoms with Gasteiger partial charge in [0.25, 0.3) is 5.91 Å². The van der Waals surface area contributed by atoms with Gasteiger partial charge in [-0.3, -0.25) is 4.79 Å². The number of hydrogen-bond donors (Lipinski definition) is 1. The molecule has 0 saturated carbocycles. The van der Waals surface area contributed by atoms with Crippen LogP contribution in [-0.4, -0.2) is 27.5 Å². The van der Waals surface area contributed by atoms with Crippen molar-refractivity contribution in [1.82, 2.24) is 15.0 Å². The average molecular weight is 258 g/mol. The number of ether oxygens (including phenoxy) is 1. The van der Waals surface area contributed by atoms with Crippen LogP contribution in [0.1, 0.15) is 23.0 Å². The highest BCUT2D eigenvalue weighted by Crippen LogP contribution is 2.10. The molecular formula is C13H14N4O2. The Bertz CT molecular complexity index is 586. The summed E-state index contributed by atoms with van der Waals surface area (Å²) in [6.07, 6.45) is 2.93. The largest absolute Gasteiger partial charge is 0.478 e. The third kappa shape index (κ3) is 3.48. The van der Waals surface area contributed by atoms with Crippen LogP contribution < -0.4 is 10.1 Å². The molecule has 0 aliphatic carbocycles. The lowest BCUT2D eigenvalue weighted by Gasteiger charge is -2.05. The number of carbonyl (C=O) groups is 1. The molecule has 19 heavy (non-hydrogen) atoms. The van der Waals surface area contributed by atoms with E-state index in [-0.39, 0.29) is 11.6 Å². The molecule has 0 atom stereocenters. The first-order chi connectivity index (χ1) is 9.19. The summed E-state index contributed by atoms with van der Waals surface area (Å²) in [5.74, 6) is 0.517. The summed E-state index contributed by atoms with van der Waals surface area (Å²) in [5.41, 5.74) is 1.25. The summed E-state index contributed by atoms with van der Waals surface area (Å²) >= 11 is 0. The SMILES string of the molecule is CCOc1cc(C(=O)Nc2cc(C)ccn2)ncn1. The van der Waals surface area contributed by atoms with Crippen molar-refractivity contribution in [3.8, 4) is 5.88 Å². The minimum Gasteiger partial charge on any atom is -0.478 e. The van der Waals surface area contributed by atoms with Crippen LogP contribution in [0.5, 0.6) is 5.88 Å². The molecule has 6 heteroatoms. The summed E-state index contributed by atoms with van der Waals surface area (Å²) in [6, 6.07) is 5.13. The molecule has 0 fully saturated rings. The molecule has 0 aliphatic heterocycles. The standard InChI is InChI=1S/C13H14N4O2/c1-3-19-12-7-10(15-8-16-12)13(18)17-11-6-9(2)4-5-14-11/h4-8H,3H2,1-2H3,(H,14,17,18). The van der Waals surface area contributed by atoms with Gasteiger partial charge in [-0.15, -0.1) is 0 Å². The van der Waals surface area contributed by atoms with Crippen molar-refractivity contribution >= 4 is 11.7 Å². The predicted octanol–water partition coefficient (Wildman–Crippen LogP) is 1.83. The lowest BCUT2D eigenvalue weighted by atomic mass is 10.3. The van der Waals surface area contributed by atoms with Gasteiger partial charge in [-0.2, -0.15) is 0 Å². The fourth-order valence-corrected chi connectivity index (χ4v) is 1.48. The molecule has 2 aromatic rings. The molecule has 0 saturated heterocycles. The molecule has 2 aromatic heterocycles. The second kappa shape index (κ2) is 5.90. The van der Waals surface area contributed by atoms with Crippen molar-refractivity contribution in [3.63, 3.8) is 0 Å². The van der Waals surface area contributed by atoms with Gasteiger partial charge in [0.05, 0.1) is 6.61 Å². The van der Waals surface area contributed by atoms with Crippen molar-refractivity contribution in [3.05, 3.63) is 42.0 Å². The molecule has 2 heterocycles. The van der Waals surface area contributed by atoms with Gasteiger partial charge in [0.15, 0.2) is 0 Å². The monoisotopic (exact) mass is 258 g/mol. The number of pyridine rings is 1. The number of rotatable bonds is 4. The molecule has 0 aromatic carbocycles. The minimum atomic E-state index is -0.346. The Morgan fingerprint density at radius 3 is 2.89 bits per heavy atom. The van der Waals surface area contributed by atoms with Crippen LogP contribution in [0.4, 0.5) is 5.82 Å². The number of aromatic nitrogens is 3. The Hall–Kier alpha value is -2.50. The van der Waals surface area contributed by atoms with Gasteiger partial charge in [0.2, 0.25) is 5.88 Å². The lowest BCUT2D eigenvalue weighted by Crippen LogP contribution is -2.15. The van der Waals surface area contributed by atoms with E-state index in [1.165, 1.54) is 12.4 Å². The maximum absolute atomic E-state index is 12.0. The summed E-state index contributed by atoms with van der Waals surface area (Å²) in [7, 11) is 0. The van der Waals surface area contributed by atoms with E-state index in [2.05, 4.69) is 20.3 Å². The fraction of sp³-hybridized carbons (Fsp3) is 0.231. The van der Waals surface area contributed by atoms with Gasteiger partial charge in [0, 0.05) is 12.3 Å². The van der Waals surface area contributed by atoms with Gasteiger partial charge in [-0.05, 0) is 31.5 Å². The van der Waals surface area contributed by atoms with Gasteiger partial charge < -0.3 is 10.1 Å². The van der Waals surface area contributed by atoms with Gasteiger partial charge >= 0.3 is 0 Å². The third-order valence-corrected chi connectivity index (χ3v) is 2.32. The summed E-state index contributed by atoms with van der Waals surface area (Å²) in [5, 5.41) is 2.67. The first-order valence-electron chi connectivity index (χ1n) is 5.88. The van der Waals surface area contributed by atoms with E-state index < -0.39 is 0 Å². The van der Waals surface area contributed by atoms with Crippen LogP contribution in [0.2, 0.25) is 0 Å². The third-order valence-electron chi connectivity index (χ3n) is 2.32. The molecule has 0 aliphatic rings. The second-order valence-electron chi connectivity index (χ2n) is 3.85. The number of nitrogens with one attached hydrogen (secondary N) is 1. The molecule has 98 valence electrons. The Balaban J connectivity index is 2.13. The fourth-order valence-electron chi connectivity index (χ4n) is 1.48. The molecule has 2 rings (SSSR count). The highest BCUT2D eigenvalue weighted by molar-refractivity contribution is 6.02. The molecule has 0 bridgehead atoms. The molecule has 6 nitrogen and oxygen atoms in total. The van der Waals surface area contributed by atoms with Crippen molar-refractivity contribution in [2.75, 3.05) is 11.9 Å². The minimum absolute atomic E-state index is 0.238. The maximum Gasteiger partial charge on any atom is 0.275 e. The highest BCUT2D eigenvalue weighted by Gasteiger charge is 2.10. The van der Waals surface area contributed by atoms with Crippen molar-refractivity contribution < 1.29 is 9.53 Å². The van der Waals surface area contributed by atoms with Crippen LogP contribution in [0, 0.1) is 6.92 Å². The molecule has 0 unspecified atom stereocenters. The molecule has 1 amide bonds. The Morgan fingerprint density at radius 2 is 2.16 bits per heavy atom. The van der Waals surface area contributed by atoms with E-state index in [1.807, 2.05) is 19.9 Å². The Kier molecular flexibility index (Phi) is 4.02. The quantitative estimate of drug-likeness (QED) is 0.905. The normalized spacial score (nSPS) is 10.0. The molecule has 0 spiro atoms. The summed E-state index contributed by atoms with van der Waals surface area (Å²) < 4.78 is 5.22. The average Bonchev–Trinajstić information content (AvgIpc) is 2.39. The Morgan fingerprint density at radius 1 is 1.32 bits per heavy atom. The zero-order valence-electron chi connectivity index (χ0n) is 10.8. The van der Waals surface area contributed by atoms with E-state index in [0.29, 0.717) is 18.3 Å². The zero-order valence-corrected chi connectivity index (χ0v) is 10.8. The van der Waals surface area contributed by atoms with Gasteiger partial charge in [-0.25, -0.2) is 15.0 Å². The summed E-state index contributed by atoms with van der Waals surface area (Å²) in [6.45, 7) is 4.26. The number of amides is 1. The van der Waals surface area contributed by atoms with Crippen LogP contribution in [-0.2, 0) is 0 Å². The number of anilines is 1. The number of hydrogen-bond acceptors (Lipinski definition) is 5. The first kappa shape index (κ1) is 12.9. The highest BCUT2D eigenvalue weighted by atomic mass is 16.5. The number of nitrogens with zero attached hydrogens (tertiary/aromatic N) is 3. The van der Waals surface area contributed by atoms with E-state index in [0.717, 1.165) is 5.56 Å². The maximum atomic E-state index is 12.0. The molecule has 0 radical (unpaired) electrons.